The fourth-order valence-corrected chi connectivity index (χ4v) is 1.90. The number of anilines is 1. The molecule has 0 aliphatic carbocycles. The lowest BCUT2D eigenvalue weighted by atomic mass is 9.96. The quantitative estimate of drug-likeness (QED) is 0.525. The van der Waals surface area contributed by atoms with E-state index in [2.05, 4.69) is 4.18 Å². The summed E-state index contributed by atoms with van der Waals surface area (Å²) in [6, 6.07) is 5.06. The maximum absolute atomic E-state index is 10.5. The average Bonchev–Trinajstić information content (AvgIpc) is 2.19. The lowest BCUT2D eigenvalue weighted by Crippen LogP contribution is -2.16. The zero-order valence-corrected chi connectivity index (χ0v) is 10.1. The second-order valence-corrected chi connectivity index (χ2v) is 4.80. The van der Waals surface area contributed by atoms with Crippen molar-refractivity contribution in [3.05, 3.63) is 29.3 Å². The zero-order valence-electron chi connectivity index (χ0n) is 9.33. The van der Waals surface area contributed by atoms with E-state index in [-0.39, 0.29) is 13.2 Å². The summed E-state index contributed by atoms with van der Waals surface area (Å²) in [4.78, 5) is 0. The van der Waals surface area contributed by atoms with Crippen LogP contribution in [0.3, 0.4) is 0 Å². The molecule has 0 bridgehead atoms. The first-order chi connectivity index (χ1) is 7.83. The van der Waals surface area contributed by atoms with Crippen molar-refractivity contribution < 1.29 is 22.3 Å². The molecule has 1 atom stereocenters. The number of nitrogens with two attached hydrogens (primary N) is 1. The second kappa shape index (κ2) is 5.46. The van der Waals surface area contributed by atoms with Crippen LogP contribution in [0.4, 0.5) is 5.69 Å². The van der Waals surface area contributed by atoms with Gasteiger partial charge in [0.15, 0.2) is 0 Å². The minimum Gasteiger partial charge on any atom is -0.399 e. The molecule has 1 rings (SSSR count). The van der Waals surface area contributed by atoms with Gasteiger partial charge in [-0.15, -0.1) is 0 Å². The van der Waals surface area contributed by atoms with Crippen LogP contribution in [0.1, 0.15) is 17.0 Å². The van der Waals surface area contributed by atoms with Gasteiger partial charge in [0.2, 0.25) is 0 Å². The molecule has 0 aliphatic heterocycles. The lowest BCUT2D eigenvalue weighted by molar-refractivity contribution is 0.194. The third-order valence-corrected chi connectivity index (χ3v) is 2.81. The smallest absolute Gasteiger partial charge is 0.397 e. The maximum atomic E-state index is 10.5. The largest absolute Gasteiger partial charge is 0.399 e. The van der Waals surface area contributed by atoms with Crippen LogP contribution in [0.25, 0.3) is 0 Å². The zero-order chi connectivity index (χ0) is 13.1. The number of nitrogen functional groups attached to an aromatic ring is 1. The monoisotopic (exact) mass is 261 g/mol. The van der Waals surface area contributed by atoms with Gasteiger partial charge >= 0.3 is 10.4 Å². The summed E-state index contributed by atoms with van der Waals surface area (Å²) in [7, 11) is -4.49. The minimum atomic E-state index is -4.49. The Balaban J connectivity index is 2.86. The van der Waals surface area contributed by atoms with Crippen molar-refractivity contribution in [2.45, 2.75) is 12.8 Å². The molecule has 1 aromatic rings. The number of benzene rings is 1. The lowest BCUT2D eigenvalue weighted by Gasteiger charge is -2.16. The minimum absolute atomic E-state index is 0.291. The highest BCUT2D eigenvalue weighted by atomic mass is 32.3. The number of hydrogen-bond acceptors (Lipinski definition) is 5. The summed E-state index contributed by atoms with van der Waals surface area (Å²) in [5, 5.41) is 9.18. The number of aliphatic hydroxyl groups excluding tert-OH is 1. The average molecular weight is 261 g/mol. The van der Waals surface area contributed by atoms with Crippen molar-refractivity contribution in [1.29, 1.82) is 0 Å². The van der Waals surface area contributed by atoms with E-state index in [0.29, 0.717) is 5.69 Å². The topological polar surface area (TPSA) is 110 Å². The van der Waals surface area contributed by atoms with E-state index < -0.39 is 16.3 Å². The van der Waals surface area contributed by atoms with E-state index in [1.54, 1.807) is 25.1 Å². The molecule has 1 aromatic carbocycles. The first-order valence-electron chi connectivity index (χ1n) is 4.92. The third-order valence-electron chi connectivity index (χ3n) is 2.37. The highest BCUT2D eigenvalue weighted by Crippen LogP contribution is 2.22. The van der Waals surface area contributed by atoms with Crippen LogP contribution in [0.5, 0.6) is 0 Å². The molecule has 6 nitrogen and oxygen atoms in total. The molecule has 4 N–H and O–H groups in total. The molecule has 96 valence electrons. The van der Waals surface area contributed by atoms with Gasteiger partial charge in [-0.2, -0.15) is 8.42 Å². The van der Waals surface area contributed by atoms with Gasteiger partial charge in [0, 0.05) is 11.6 Å². The van der Waals surface area contributed by atoms with Gasteiger partial charge in [-0.1, -0.05) is 6.07 Å². The standard InChI is InChI=1S/C10H15NO5S/c1-7-4-9(11)2-3-10(7)8(5-12)6-16-17(13,14)15/h2-4,8,12H,5-6,11H2,1H3,(H,13,14,15). The van der Waals surface area contributed by atoms with Crippen molar-refractivity contribution in [3.63, 3.8) is 0 Å². The van der Waals surface area contributed by atoms with Crippen molar-refractivity contribution in [2.75, 3.05) is 18.9 Å². The molecule has 0 aromatic heterocycles. The van der Waals surface area contributed by atoms with E-state index in [1.165, 1.54) is 0 Å². The molecule has 7 heteroatoms. The van der Waals surface area contributed by atoms with Gasteiger partial charge in [-0.05, 0) is 30.2 Å². The summed E-state index contributed by atoms with van der Waals surface area (Å²) in [6.45, 7) is 1.18. The number of aryl methyl sites for hydroxylation is 1. The van der Waals surface area contributed by atoms with Crippen LogP contribution < -0.4 is 5.73 Å². The molecule has 0 saturated heterocycles. The van der Waals surface area contributed by atoms with Crippen LogP contribution in [0.2, 0.25) is 0 Å². The SMILES string of the molecule is Cc1cc(N)ccc1C(CO)COS(=O)(=O)O. The molecule has 0 aliphatic rings. The highest BCUT2D eigenvalue weighted by molar-refractivity contribution is 7.80. The van der Waals surface area contributed by atoms with Crippen LogP contribution in [-0.4, -0.2) is 31.3 Å². The fourth-order valence-electron chi connectivity index (χ4n) is 1.57. The van der Waals surface area contributed by atoms with E-state index in [1.807, 2.05) is 0 Å². The summed E-state index contributed by atoms with van der Waals surface area (Å²) >= 11 is 0. The van der Waals surface area contributed by atoms with E-state index in [9.17, 15) is 13.5 Å². The van der Waals surface area contributed by atoms with Gasteiger partial charge in [-0.25, -0.2) is 4.18 Å². The van der Waals surface area contributed by atoms with Gasteiger partial charge < -0.3 is 10.8 Å². The van der Waals surface area contributed by atoms with Crippen LogP contribution in [0.15, 0.2) is 18.2 Å². The Bertz CT molecular complexity index is 485. The highest BCUT2D eigenvalue weighted by Gasteiger charge is 2.16. The number of aliphatic hydroxyl groups is 1. The second-order valence-electron chi connectivity index (χ2n) is 3.71. The van der Waals surface area contributed by atoms with Crippen molar-refractivity contribution in [2.24, 2.45) is 0 Å². The van der Waals surface area contributed by atoms with Gasteiger partial charge in [0.05, 0.1) is 13.2 Å². The van der Waals surface area contributed by atoms with Crippen LogP contribution >= 0.6 is 0 Å². The summed E-state index contributed by atoms with van der Waals surface area (Å²) in [5.74, 6) is -0.530. The summed E-state index contributed by atoms with van der Waals surface area (Å²) < 4.78 is 33.6. The Morgan fingerprint density at radius 3 is 2.59 bits per heavy atom. The Morgan fingerprint density at radius 1 is 1.47 bits per heavy atom. The van der Waals surface area contributed by atoms with E-state index in [4.69, 9.17) is 10.3 Å². The molecule has 1 unspecified atom stereocenters. The summed E-state index contributed by atoms with van der Waals surface area (Å²) in [6.07, 6.45) is 0. The Kier molecular flexibility index (Phi) is 4.47. The molecule has 0 radical (unpaired) electrons. The molecule has 0 amide bonds. The molecular weight excluding hydrogens is 246 g/mol. The normalized spacial score (nSPS) is 13.6. The molecule has 0 heterocycles. The fraction of sp³-hybridized carbons (Fsp3) is 0.400. The molecule has 0 fully saturated rings. The van der Waals surface area contributed by atoms with Crippen molar-refractivity contribution in [1.82, 2.24) is 0 Å². The van der Waals surface area contributed by atoms with Crippen LogP contribution in [-0.2, 0) is 14.6 Å². The van der Waals surface area contributed by atoms with Gasteiger partial charge in [0.25, 0.3) is 0 Å². The van der Waals surface area contributed by atoms with E-state index >= 15 is 0 Å². The first kappa shape index (κ1) is 13.9. The number of hydrogen-bond donors (Lipinski definition) is 3. The molecular formula is C10H15NO5S. The first-order valence-corrected chi connectivity index (χ1v) is 6.28. The van der Waals surface area contributed by atoms with Gasteiger partial charge in [0.1, 0.15) is 0 Å². The Labute approximate surface area is 100.0 Å². The van der Waals surface area contributed by atoms with Gasteiger partial charge in [-0.3, -0.25) is 4.55 Å². The third kappa shape index (κ3) is 4.31. The van der Waals surface area contributed by atoms with E-state index in [0.717, 1.165) is 11.1 Å². The molecule has 17 heavy (non-hydrogen) atoms. The predicted molar refractivity (Wildman–Crippen MR) is 62.9 cm³/mol. The predicted octanol–water partition coefficient (Wildman–Crippen LogP) is 0.473. The molecule has 0 saturated carbocycles. The molecule has 0 spiro atoms. The van der Waals surface area contributed by atoms with Crippen molar-refractivity contribution >= 4 is 16.1 Å². The summed E-state index contributed by atoms with van der Waals surface area (Å²) in [5.41, 5.74) is 7.71. The van der Waals surface area contributed by atoms with Crippen molar-refractivity contribution in [3.8, 4) is 0 Å². The Morgan fingerprint density at radius 2 is 2.12 bits per heavy atom. The number of rotatable bonds is 5. The maximum Gasteiger partial charge on any atom is 0.397 e. The Hall–Kier alpha value is -1.15. The van der Waals surface area contributed by atoms with Crippen LogP contribution in [0, 0.1) is 6.92 Å².